The standard InChI is InChI=1S/C8H14N2O2/c9-4-1-5-10-6-8(2-3-8)12-7(10)11/h1-6,9H2. The van der Waals surface area contributed by atoms with Crippen LogP contribution in [0.25, 0.3) is 0 Å². The third-order valence-corrected chi connectivity index (χ3v) is 2.48. The van der Waals surface area contributed by atoms with E-state index in [2.05, 4.69) is 0 Å². The largest absolute Gasteiger partial charge is 0.441 e. The normalized spacial score (nSPS) is 24.8. The summed E-state index contributed by atoms with van der Waals surface area (Å²) in [5.74, 6) is 0. The van der Waals surface area contributed by atoms with Gasteiger partial charge in [0.2, 0.25) is 0 Å². The zero-order chi connectivity index (χ0) is 8.60. The Morgan fingerprint density at radius 2 is 2.33 bits per heavy atom. The first kappa shape index (κ1) is 7.86. The zero-order valence-electron chi connectivity index (χ0n) is 7.08. The van der Waals surface area contributed by atoms with Crippen molar-refractivity contribution in [1.29, 1.82) is 0 Å². The van der Waals surface area contributed by atoms with Crippen molar-refractivity contribution in [2.45, 2.75) is 24.9 Å². The Kier molecular flexibility index (Phi) is 1.72. The van der Waals surface area contributed by atoms with E-state index in [1.165, 1.54) is 0 Å². The highest BCUT2D eigenvalue weighted by Crippen LogP contribution is 2.44. The minimum Gasteiger partial charge on any atom is -0.441 e. The highest BCUT2D eigenvalue weighted by atomic mass is 16.6. The van der Waals surface area contributed by atoms with Crippen LogP contribution in [0.1, 0.15) is 19.3 Å². The Bertz CT molecular complexity index is 201. The molecule has 1 saturated carbocycles. The predicted molar refractivity (Wildman–Crippen MR) is 43.7 cm³/mol. The number of amides is 1. The van der Waals surface area contributed by atoms with Crippen molar-refractivity contribution in [3.05, 3.63) is 0 Å². The second-order valence-corrected chi connectivity index (χ2v) is 3.61. The molecule has 4 heteroatoms. The van der Waals surface area contributed by atoms with E-state index >= 15 is 0 Å². The molecule has 2 rings (SSSR count). The molecule has 1 aliphatic heterocycles. The molecule has 1 saturated heterocycles. The van der Waals surface area contributed by atoms with E-state index in [0.717, 1.165) is 32.4 Å². The summed E-state index contributed by atoms with van der Waals surface area (Å²) in [5.41, 5.74) is 5.28. The molecule has 4 nitrogen and oxygen atoms in total. The van der Waals surface area contributed by atoms with Crippen LogP contribution in [0, 0.1) is 0 Å². The van der Waals surface area contributed by atoms with Gasteiger partial charge in [-0.25, -0.2) is 4.79 Å². The van der Waals surface area contributed by atoms with Crippen molar-refractivity contribution in [2.24, 2.45) is 5.73 Å². The Morgan fingerprint density at radius 1 is 1.58 bits per heavy atom. The topological polar surface area (TPSA) is 55.6 Å². The molecule has 1 heterocycles. The molecule has 0 unspecified atom stereocenters. The molecule has 2 N–H and O–H groups in total. The van der Waals surface area contributed by atoms with Crippen LogP contribution in [0.4, 0.5) is 4.79 Å². The molecule has 68 valence electrons. The van der Waals surface area contributed by atoms with E-state index in [1.807, 2.05) is 0 Å². The maximum Gasteiger partial charge on any atom is 0.410 e. The van der Waals surface area contributed by atoms with Crippen LogP contribution >= 0.6 is 0 Å². The molecule has 2 aliphatic rings. The fourth-order valence-corrected chi connectivity index (χ4v) is 1.55. The summed E-state index contributed by atoms with van der Waals surface area (Å²) in [6.07, 6.45) is 2.79. The lowest BCUT2D eigenvalue weighted by atomic mass is 10.3. The summed E-state index contributed by atoms with van der Waals surface area (Å²) >= 11 is 0. The second kappa shape index (κ2) is 2.62. The van der Waals surface area contributed by atoms with Gasteiger partial charge in [-0.05, 0) is 25.8 Å². The van der Waals surface area contributed by atoms with Crippen molar-refractivity contribution >= 4 is 6.09 Å². The summed E-state index contributed by atoms with van der Waals surface area (Å²) in [4.78, 5) is 13.0. The number of carbonyl (C=O) groups is 1. The van der Waals surface area contributed by atoms with Gasteiger partial charge < -0.3 is 15.4 Å². The molecule has 0 aromatic rings. The fraction of sp³-hybridized carbons (Fsp3) is 0.875. The monoisotopic (exact) mass is 170 g/mol. The highest BCUT2D eigenvalue weighted by molar-refractivity contribution is 5.71. The first-order valence-corrected chi connectivity index (χ1v) is 4.44. The SMILES string of the molecule is NCCCN1CC2(CC2)OC1=O. The van der Waals surface area contributed by atoms with Crippen LogP contribution in [0.15, 0.2) is 0 Å². The maximum absolute atomic E-state index is 11.2. The van der Waals surface area contributed by atoms with E-state index in [9.17, 15) is 4.79 Å². The molecule has 12 heavy (non-hydrogen) atoms. The van der Waals surface area contributed by atoms with Gasteiger partial charge in [0, 0.05) is 6.54 Å². The van der Waals surface area contributed by atoms with Gasteiger partial charge in [-0.15, -0.1) is 0 Å². The number of hydrogen-bond acceptors (Lipinski definition) is 3. The second-order valence-electron chi connectivity index (χ2n) is 3.61. The van der Waals surface area contributed by atoms with Gasteiger partial charge in [0.15, 0.2) is 0 Å². The molecule has 0 radical (unpaired) electrons. The number of hydrogen-bond donors (Lipinski definition) is 1. The molecule has 0 atom stereocenters. The third kappa shape index (κ3) is 1.27. The molecular weight excluding hydrogens is 156 g/mol. The number of ether oxygens (including phenoxy) is 1. The van der Waals surface area contributed by atoms with E-state index in [1.54, 1.807) is 4.90 Å². The van der Waals surface area contributed by atoms with Crippen molar-refractivity contribution in [1.82, 2.24) is 4.90 Å². The van der Waals surface area contributed by atoms with Crippen molar-refractivity contribution in [3.8, 4) is 0 Å². The first-order chi connectivity index (χ1) is 5.76. The molecular formula is C8H14N2O2. The molecule has 0 aromatic carbocycles. The minimum atomic E-state index is -0.152. The van der Waals surface area contributed by atoms with Gasteiger partial charge in [-0.1, -0.05) is 0 Å². The molecule has 1 aliphatic carbocycles. The lowest BCUT2D eigenvalue weighted by Crippen LogP contribution is -2.27. The Labute approximate surface area is 71.7 Å². The number of nitrogens with two attached hydrogens (primary N) is 1. The number of rotatable bonds is 3. The third-order valence-electron chi connectivity index (χ3n) is 2.48. The summed E-state index contributed by atoms with van der Waals surface area (Å²) in [6.45, 7) is 2.17. The van der Waals surface area contributed by atoms with Crippen LogP contribution in [0.2, 0.25) is 0 Å². The smallest absolute Gasteiger partial charge is 0.410 e. The summed E-state index contributed by atoms with van der Waals surface area (Å²) in [6, 6.07) is 0. The minimum absolute atomic E-state index is 0.0777. The lowest BCUT2D eigenvalue weighted by Gasteiger charge is -2.10. The molecule has 1 amide bonds. The van der Waals surface area contributed by atoms with Gasteiger partial charge in [0.1, 0.15) is 5.60 Å². The van der Waals surface area contributed by atoms with Gasteiger partial charge in [-0.2, -0.15) is 0 Å². The Hall–Kier alpha value is -0.770. The maximum atomic E-state index is 11.2. The summed E-state index contributed by atoms with van der Waals surface area (Å²) < 4.78 is 5.22. The highest BCUT2D eigenvalue weighted by Gasteiger charge is 2.54. The van der Waals surface area contributed by atoms with Crippen LogP contribution in [-0.2, 0) is 4.74 Å². The van der Waals surface area contributed by atoms with E-state index < -0.39 is 0 Å². The molecule has 1 spiro atoms. The van der Waals surface area contributed by atoms with Gasteiger partial charge in [0.25, 0.3) is 0 Å². The van der Waals surface area contributed by atoms with Crippen molar-refractivity contribution in [3.63, 3.8) is 0 Å². The molecule has 2 fully saturated rings. The summed E-state index contributed by atoms with van der Waals surface area (Å²) in [7, 11) is 0. The van der Waals surface area contributed by atoms with Gasteiger partial charge in [0.05, 0.1) is 6.54 Å². The van der Waals surface area contributed by atoms with E-state index in [4.69, 9.17) is 10.5 Å². The van der Waals surface area contributed by atoms with Crippen molar-refractivity contribution < 1.29 is 9.53 Å². The summed E-state index contributed by atoms with van der Waals surface area (Å²) in [5, 5.41) is 0. The number of nitrogens with zero attached hydrogens (tertiary/aromatic N) is 1. The molecule has 0 bridgehead atoms. The quantitative estimate of drug-likeness (QED) is 0.663. The van der Waals surface area contributed by atoms with Gasteiger partial charge >= 0.3 is 6.09 Å². The zero-order valence-corrected chi connectivity index (χ0v) is 7.08. The number of carbonyl (C=O) groups excluding carboxylic acids is 1. The Balaban J connectivity index is 1.86. The van der Waals surface area contributed by atoms with Crippen LogP contribution in [0.5, 0.6) is 0 Å². The fourth-order valence-electron chi connectivity index (χ4n) is 1.55. The average molecular weight is 170 g/mol. The van der Waals surface area contributed by atoms with E-state index in [-0.39, 0.29) is 11.7 Å². The Morgan fingerprint density at radius 3 is 2.83 bits per heavy atom. The van der Waals surface area contributed by atoms with Crippen LogP contribution < -0.4 is 5.73 Å². The van der Waals surface area contributed by atoms with Crippen LogP contribution in [-0.4, -0.2) is 36.2 Å². The molecule has 0 aromatic heterocycles. The predicted octanol–water partition coefficient (Wildman–Crippen LogP) is 0.320. The van der Waals surface area contributed by atoms with E-state index in [0.29, 0.717) is 6.54 Å². The average Bonchev–Trinajstić information content (AvgIpc) is 2.70. The lowest BCUT2D eigenvalue weighted by molar-refractivity contribution is 0.123. The van der Waals surface area contributed by atoms with Gasteiger partial charge in [-0.3, -0.25) is 0 Å². The first-order valence-electron chi connectivity index (χ1n) is 4.44. The van der Waals surface area contributed by atoms with Crippen molar-refractivity contribution in [2.75, 3.05) is 19.6 Å². The van der Waals surface area contributed by atoms with Crippen LogP contribution in [0.3, 0.4) is 0 Å².